The van der Waals surface area contributed by atoms with Crippen LogP contribution >= 0.6 is 0 Å². The van der Waals surface area contributed by atoms with Gasteiger partial charge in [-0.3, -0.25) is 9.59 Å². The number of carbonyl (C=O) groups excluding carboxylic acids is 2. The second kappa shape index (κ2) is 10.2. The van der Waals surface area contributed by atoms with Gasteiger partial charge in [0.2, 0.25) is 5.91 Å². The van der Waals surface area contributed by atoms with Crippen LogP contribution < -0.4 is 20.1 Å². The van der Waals surface area contributed by atoms with Gasteiger partial charge in [0.15, 0.2) is 0 Å². The number of carbonyl (C=O) groups is 2. The largest absolute Gasteiger partial charge is 0.497 e. The molecule has 2 amide bonds. The molecule has 3 rings (SSSR count). The normalized spacial score (nSPS) is 12.8. The summed E-state index contributed by atoms with van der Waals surface area (Å²) in [5.74, 6) is 0.309. The van der Waals surface area contributed by atoms with Crippen LogP contribution in [0.3, 0.4) is 0 Å². The molecule has 32 heavy (non-hydrogen) atoms. The molecule has 168 valence electrons. The van der Waals surface area contributed by atoms with Crippen LogP contribution in [0.2, 0.25) is 0 Å². The Morgan fingerprint density at radius 2 is 1.41 bits per heavy atom. The third-order valence-electron chi connectivity index (χ3n) is 5.48. The number of methoxy groups -OCH3 is 2. The summed E-state index contributed by atoms with van der Waals surface area (Å²) in [6.45, 7) is 5.74. The predicted molar refractivity (Wildman–Crippen MR) is 126 cm³/mol. The molecule has 0 heterocycles. The van der Waals surface area contributed by atoms with E-state index in [1.165, 1.54) is 14.2 Å². The molecular formula is C26H30N2O4. The van der Waals surface area contributed by atoms with E-state index in [1.807, 2.05) is 51.1 Å². The first-order valence-corrected chi connectivity index (χ1v) is 10.7. The van der Waals surface area contributed by atoms with Crippen LogP contribution in [-0.4, -0.2) is 32.1 Å². The minimum atomic E-state index is -0.692. The smallest absolute Gasteiger partial charge is 0.252 e. The summed E-state index contributed by atoms with van der Waals surface area (Å²) in [6, 6.07) is 18.3. The summed E-state index contributed by atoms with van der Waals surface area (Å²) in [7, 11) is 3.05. The van der Waals surface area contributed by atoms with E-state index in [-0.39, 0.29) is 23.8 Å². The van der Waals surface area contributed by atoms with Crippen molar-refractivity contribution < 1.29 is 19.1 Å². The van der Waals surface area contributed by atoms with E-state index in [1.54, 1.807) is 18.2 Å². The van der Waals surface area contributed by atoms with Crippen LogP contribution in [0.25, 0.3) is 10.8 Å². The number of amides is 2. The summed E-state index contributed by atoms with van der Waals surface area (Å²) in [4.78, 5) is 26.0. The number of fused-ring (bicyclic) bond motifs is 1. The molecule has 2 N–H and O–H groups in total. The maximum atomic E-state index is 13.1. The van der Waals surface area contributed by atoms with Crippen molar-refractivity contribution in [2.24, 2.45) is 5.92 Å². The van der Waals surface area contributed by atoms with Crippen LogP contribution in [0.5, 0.6) is 11.5 Å². The van der Waals surface area contributed by atoms with Crippen LogP contribution in [0.4, 0.5) is 0 Å². The molecule has 0 aromatic heterocycles. The van der Waals surface area contributed by atoms with Gasteiger partial charge in [0.1, 0.15) is 17.5 Å². The summed E-state index contributed by atoms with van der Waals surface area (Å²) in [5, 5.41) is 8.17. The molecule has 0 aliphatic carbocycles. The third kappa shape index (κ3) is 5.38. The molecule has 0 aliphatic heterocycles. The molecule has 3 aromatic carbocycles. The van der Waals surface area contributed by atoms with Crippen molar-refractivity contribution in [3.63, 3.8) is 0 Å². The molecule has 0 saturated heterocycles. The Morgan fingerprint density at radius 3 is 2.00 bits per heavy atom. The first-order valence-electron chi connectivity index (χ1n) is 10.7. The number of benzene rings is 3. The first-order chi connectivity index (χ1) is 15.3. The summed E-state index contributed by atoms with van der Waals surface area (Å²) < 4.78 is 10.5. The summed E-state index contributed by atoms with van der Waals surface area (Å²) in [5.41, 5.74) is 1.37. The van der Waals surface area contributed by atoms with Gasteiger partial charge in [0.25, 0.3) is 5.91 Å². The zero-order valence-electron chi connectivity index (χ0n) is 19.1. The van der Waals surface area contributed by atoms with Crippen LogP contribution in [0, 0.1) is 5.92 Å². The fourth-order valence-corrected chi connectivity index (χ4v) is 3.56. The van der Waals surface area contributed by atoms with Gasteiger partial charge in [0.05, 0.1) is 20.3 Å². The molecule has 6 heteroatoms. The number of nitrogens with one attached hydrogen (secondary N) is 2. The van der Waals surface area contributed by atoms with E-state index >= 15 is 0 Å². The van der Waals surface area contributed by atoms with Gasteiger partial charge in [-0.25, -0.2) is 0 Å². The van der Waals surface area contributed by atoms with Gasteiger partial charge in [-0.1, -0.05) is 50.2 Å². The zero-order chi connectivity index (χ0) is 23.3. The van der Waals surface area contributed by atoms with Gasteiger partial charge >= 0.3 is 0 Å². The van der Waals surface area contributed by atoms with Crippen molar-refractivity contribution in [2.45, 2.75) is 32.9 Å². The minimum absolute atomic E-state index is 0.102. The molecule has 0 bridgehead atoms. The fraction of sp³-hybridized carbons (Fsp3) is 0.308. The average molecular weight is 435 g/mol. The van der Waals surface area contributed by atoms with E-state index in [0.717, 1.165) is 16.3 Å². The van der Waals surface area contributed by atoms with E-state index in [9.17, 15) is 9.59 Å². The quantitative estimate of drug-likeness (QED) is 0.548. The van der Waals surface area contributed by atoms with Crippen LogP contribution in [-0.2, 0) is 4.79 Å². The van der Waals surface area contributed by atoms with Crippen molar-refractivity contribution >= 4 is 22.6 Å². The number of hydrogen-bond donors (Lipinski definition) is 2. The Morgan fingerprint density at radius 1 is 0.781 bits per heavy atom. The van der Waals surface area contributed by atoms with Gasteiger partial charge in [-0.2, -0.15) is 0 Å². The third-order valence-corrected chi connectivity index (χ3v) is 5.48. The zero-order valence-corrected chi connectivity index (χ0v) is 19.1. The maximum Gasteiger partial charge on any atom is 0.252 e. The molecule has 2 atom stereocenters. The molecular weight excluding hydrogens is 404 g/mol. The van der Waals surface area contributed by atoms with Crippen molar-refractivity contribution in [3.8, 4) is 11.5 Å². The van der Waals surface area contributed by atoms with E-state index < -0.39 is 6.04 Å². The Kier molecular flexibility index (Phi) is 7.36. The molecule has 2 unspecified atom stereocenters. The Labute approximate surface area is 188 Å². The van der Waals surface area contributed by atoms with E-state index in [4.69, 9.17) is 9.47 Å². The fourth-order valence-electron chi connectivity index (χ4n) is 3.56. The van der Waals surface area contributed by atoms with Gasteiger partial charge in [-0.05, 0) is 47.4 Å². The van der Waals surface area contributed by atoms with Gasteiger partial charge < -0.3 is 20.1 Å². The molecule has 0 spiro atoms. The van der Waals surface area contributed by atoms with Gasteiger partial charge in [0, 0.05) is 11.6 Å². The summed E-state index contributed by atoms with van der Waals surface area (Å²) in [6.07, 6.45) is 0. The lowest BCUT2D eigenvalue weighted by Crippen LogP contribution is -2.50. The molecule has 0 fully saturated rings. The van der Waals surface area contributed by atoms with Gasteiger partial charge in [-0.15, -0.1) is 0 Å². The highest BCUT2D eigenvalue weighted by Gasteiger charge is 2.26. The van der Waals surface area contributed by atoms with Crippen LogP contribution in [0.15, 0.2) is 60.7 Å². The maximum absolute atomic E-state index is 13.1. The summed E-state index contributed by atoms with van der Waals surface area (Å²) >= 11 is 0. The topological polar surface area (TPSA) is 76.7 Å². The minimum Gasteiger partial charge on any atom is -0.497 e. The molecule has 3 aromatic rings. The highest BCUT2D eigenvalue weighted by atomic mass is 16.5. The lowest BCUT2D eigenvalue weighted by molar-refractivity contribution is -0.124. The first kappa shape index (κ1) is 23.1. The molecule has 6 nitrogen and oxygen atoms in total. The monoisotopic (exact) mass is 434 g/mol. The number of rotatable bonds is 8. The Balaban J connectivity index is 1.74. The predicted octanol–water partition coefficient (Wildman–Crippen LogP) is 4.49. The molecule has 0 radical (unpaired) electrons. The van der Waals surface area contributed by atoms with Crippen LogP contribution in [0.1, 0.15) is 42.7 Å². The molecule has 0 aliphatic rings. The molecule has 0 saturated carbocycles. The highest BCUT2D eigenvalue weighted by Crippen LogP contribution is 2.23. The Bertz CT molecular complexity index is 1090. The number of ether oxygens (including phenoxy) is 2. The lowest BCUT2D eigenvalue weighted by atomic mass is 10.00. The average Bonchev–Trinajstić information content (AvgIpc) is 2.81. The van der Waals surface area contributed by atoms with Crippen molar-refractivity contribution in [2.75, 3.05) is 14.2 Å². The van der Waals surface area contributed by atoms with E-state index in [2.05, 4.69) is 22.8 Å². The van der Waals surface area contributed by atoms with Crippen molar-refractivity contribution in [1.82, 2.24) is 10.6 Å². The lowest BCUT2D eigenvalue weighted by Gasteiger charge is -2.24. The Hall–Kier alpha value is -3.54. The second-order valence-corrected chi connectivity index (χ2v) is 8.13. The SMILES string of the molecule is COc1cc(OC)cc(C(=O)NC(C(=O)NC(C)c2ccc3ccccc3c2)C(C)C)c1. The van der Waals surface area contributed by atoms with Crippen molar-refractivity contribution in [1.29, 1.82) is 0 Å². The highest BCUT2D eigenvalue weighted by molar-refractivity contribution is 5.98. The van der Waals surface area contributed by atoms with Crippen molar-refractivity contribution in [3.05, 3.63) is 71.8 Å². The second-order valence-electron chi connectivity index (χ2n) is 8.13. The number of hydrogen-bond acceptors (Lipinski definition) is 4. The van der Waals surface area contributed by atoms with E-state index in [0.29, 0.717) is 17.1 Å². The standard InChI is InChI=1S/C26H30N2O4/c1-16(2)24(28-25(29)21-13-22(31-4)15-23(14-21)32-5)26(30)27-17(3)19-11-10-18-8-6-7-9-20(18)12-19/h6-17,24H,1-5H3,(H,27,30)(H,28,29).